The van der Waals surface area contributed by atoms with Crippen LogP contribution >= 0.6 is 0 Å². The van der Waals surface area contributed by atoms with E-state index in [1.807, 2.05) is 65.6 Å². The lowest BCUT2D eigenvalue weighted by molar-refractivity contribution is -0.178. The average molecular weight is 868 g/mol. The molecule has 1 aliphatic carbocycles. The molecule has 0 bridgehead atoms. The van der Waals surface area contributed by atoms with Crippen molar-refractivity contribution in [1.82, 2.24) is 10.2 Å². The van der Waals surface area contributed by atoms with E-state index in [1.54, 1.807) is 42.5 Å². The fraction of sp³-hybridized carbons (Fsp3) is 0.373. The molecule has 0 radical (unpaired) electrons. The third-order valence-corrected chi connectivity index (χ3v) is 12.8. The number of amides is 3. The van der Waals surface area contributed by atoms with Crippen molar-refractivity contribution in [3.8, 4) is 17.6 Å². The van der Waals surface area contributed by atoms with Crippen molar-refractivity contribution in [1.29, 1.82) is 0 Å². The molecule has 13 nitrogen and oxygen atoms in total. The topological polar surface area (TPSA) is 164 Å². The van der Waals surface area contributed by atoms with E-state index in [1.165, 1.54) is 13.2 Å². The summed E-state index contributed by atoms with van der Waals surface area (Å²) in [4.78, 5) is 63.9. The first kappa shape index (κ1) is 44.3. The summed E-state index contributed by atoms with van der Waals surface area (Å²) in [6, 6.07) is 27.4. The van der Waals surface area contributed by atoms with E-state index in [0.717, 1.165) is 36.1 Å². The first-order valence-corrected chi connectivity index (χ1v) is 21.9. The number of benzene rings is 4. The maximum absolute atomic E-state index is 16.2. The number of carbonyl (C=O) groups is 4. The molecule has 8 rings (SSSR count). The molecule has 3 heterocycles. The summed E-state index contributed by atoms with van der Waals surface area (Å²) in [6.45, 7) is 3.42. The summed E-state index contributed by atoms with van der Waals surface area (Å²) >= 11 is 0. The number of methoxy groups -OCH3 is 1. The minimum Gasteiger partial charge on any atom is -0.491 e. The lowest BCUT2D eigenvalue weighted by Crippen LogP contribution is -2.55. The van der Waals surface area contributed by atoms with Crippen molar-refractivity contribution in [3.63, 3.8) is 0 Å². The minimum atomic E-state index is -2.05. The Morgan fingerprint density at radius 1 is 0.875 bits per heavy atom. The van der Waals surface area contributed by atoms with Gasteiger partial charge in [-0.05, 0) is 78.3 Å². The Kier molecular flexibility index (Phi) is 13.3. The highest BCUT2D eigenvalue weighted by Crippen LogP contribution is 2.66. The van der Waals surface area contributed by atoms with Crippen LogP contribution in [0.3, 0.4) is 0 Å². The van der Waals surface area contributed by atoms with E-state index in [9.17, 15) is 15.0 Å². The van der Waals surface area contributed by atoms with Crippen LogP contribution in [0.1, 0.15) is 84.5 Å². The van der Waals surface area contributed by atoms with Crippen LogP contribution < -0.4 is 15.0 Å². The summed E-state index contributed by atoms with van der Waals surface area (Å²) < 4.78 is 23.3. The van der Waals surface area contributed by atoms with Gasteiger partial charge in [-0.1, -0.05) is 104 Å². The molecule has 6 atom stereocenters. The van der Waals surface area contributed by atoms with Crippen LogP contribution in [-0.4, -0.2) is 90.7 Å². The van der Waals surface area contributed by atoms with Crippen molar-refractivity contribution < 1.29 is 48.3 Å². The highest BCUT2D eigenvalue weighted by Gasteiger charge is 2.75. The Bertz CT molecular complexity index is 2420. The number of rotatable bonds is 12. The monoisotopic (exact) mass is 867 g/mol. The number of hydrogen-bond donors (Lipinski definition) is 3. The van der Waals surface area contributed by atoms with Gasteiger partial charge < -0.3 is 34.5 Å². The van der Waals surface area contributed by atoms with Crippen LogP contribution in [-0.2, 0) is 34.0 Å². The summed E-state index contributed by atoms with van der Waals surface area (Å²) in [6.07, 6.45) is 4.28. The molecular formula is C51H53N3O10. The fourth-order valence-corrected chi connectivity index (χ4v) is 10.1. The molecule has 4 aromatic carbocycles. The van der Waals surface area contributed by atoms with E-state index < -0.39 is 65.0 Å². The van der Waals surface area contributed by atoms with E-state index in [4.69, 9.17) is 18.9 Å². The van der Waals surface area contributed by atoms with Crippen LogP contribution in [0.2, 0.25) is 0 Å². The van der Waals surface area contributed by atoms with Gasteiger partial charge in [-0.3, -0.25) is 19.3 Å². The summed E-state index contributed by atoms with van der Waals surface area (Å²) in [5, 5.41) is 24.3. The number of imide groups is 1. The second kappa shape index (κ2) is 19.2. The number of nitrogens with one attached hydrogen (secondary N) is 1. The number of fused-ring (bicyclic) bond motifs is 3. The second-order valence-corrected chi connectivity index (χ2v) is 16.6. The van der Waals surface area contributed by atoms with Gasteiger partial charge >= 0.3 is 12.1 Å². The molecule has 1 saturated carbocycles. The Morgan fingerprint density at radius 2 is 1.58 bits per heavy atom. The largest absolute Gasteiger partial charge is 0.491 e. The fourth-order valence-electron chi connectivity index (χ4n) is 10.1. The molecule has 2 saturated heterocycles. The van der Waals surface area contributed by atoms with Crippen molar-refractivity contribution in [3.05, 3.63) is 144 Å². The van der Waals surface area contributed by atoms with Crippen LogP contribution in [0.25, 0.3) is 0 Å². The first-order valence-electron chi connectivity index (χ1n) is 21.9. The van der Waals surface area contributed by atoms with Crippen molar-refractivity contribution in [2.45, 2.75) is 73.8 Å². The lowest BCUT2D eigenvalue weighted by Gasteiger charge is -2.46. The molecular weight excluding hydrogens is 815 g/mol. The molecule has 4 aromatic rings. The van der Waals surface area contributed by atoms with Gasteiger partial charge in [0.25, 0.3) is 0 Å². The number of anilines is 1. The first-order chi connectivity index (χ1) is 31.2. The van der Waals surface area contributed by atoms with Gasteiger partial charge in [0.2, 0.25) is 11.8 Å². The Morgan fingerprint density at radius 3 is 2.27 bits per heavy atom. The zero-order valence-electron chi connectivity index (χ0n) is 35.8. The molecule has 13 heteroatoms. The molecule has 4 aliphatic rings. The SMILES string of the molecule is C=CCNC(=O)[C@@H]1[C@H]2C(=O)O[C@H](c3ccccc3)[C@H](c3ccccc3)N2[C@H](c2cccc(OCCO)c2)[C@@]12C(=O)N(C(=O)OCCOC)c1ccc(C#CC3(O)CCCCCC3)cc12. The normalized spacial score (nSPS) is 24.7. The van der Waals surface area contributed by atoms with Gasteiger partial charge in [0.05, 0.1) is 36.9 Å². The number of cyclic esters (lactones) is 1. The second-order valence-electron chi connectivity index (χ2n) is 16.6. The average Bonchev–Trinajstić information content (AvgIpc) is 3.65. The number of esters is 1. The predicted octanol–water partition coefficient (Wildman–Crippen LogP) is 6.25. The number of aliphatic hydroxyl groups excluding tert-OH is 1. The molecule has 3 amide bonds. The van der Waals surface area contributed by atoms with E-state index >= 15 is 14.4 Å². The number of ether oxygens (including phenoxy) is 4. The zero-order valence-corrected chi connectivity index (χ0v) is 35.8. The summed E-state index contributed by atoms with van der Waals surface area (Å²) in [7, 11) is 1.46. The molecule has 0 aromatic heterocycles. The molecule has 3 fully saturated rings. The van der Waals surface area contributed by atoms with Crippen LogP contribution in [0.4, 0.5) is 10.5 Å². The zero-order chi connectivity index (χ0) is 44.8. The third kappa shape index (κ3) is 8.18. The maximum atomic E-state index is 16.2. The van der Waals surface area contributed by atoms with E-state index in [0.29, 0.717) is 35.3 Å². The summed E-state index contributed by atoms with van der Waals surface area (Å²) in [5.41, 5.74) is -0.520. The number of nitrogens with zero attached hydrogens (tertiary/aromatic N) is 2. The van der Waals surface area contributed by atoms with Crippen LogP contribution in [0.5, 0.6) is 5.75 Å². The Balaban J connectivity index is 1.45. The van der Waals surface area contributed by atoms with Crippen molar-refractivity contribution in [2.24, 2.45) is 5.92 Å². The van der Waals surface area contributed by atoms with Crippen molar-refractivity contribution >= 4 is 29.6 Å². The molecule has 332 valence electrons. The number of hydrogen-bond acceptors (Lipinski definition) is 11. The Labute approximate surface area is 373 Å². The van der Waals surface area contributed by atoms with Gasteiger partial charge in [0.15, 0.2) is 0 Å². The number of carbonyl (C=O) groups excluding carboxylic acids is 4. The molecule has 3 N–H and O–H groups in total. The molecule has 64 heavy (non-hydrogen) atoms. The van der Waals surface area contributed by atoms with Gasteiger partial charge in [0.1, 0.15) is 42.1 Å². The van der Waals surface area contributed by atoms with Gasteiger partial charge in [0, 0.05) is 19.2 Å². The minimum absolute atomic E-state index is 0.00497. The quantitative estimate of drug-likeness (QED) is 0.0486. The third-order valence-electron chi connectivity index (χ3n) is 12.8. The highest BCUT2D eigenvalue weighted by molar-refractivity contribution is 6.23. The van der Waals surface area contributed by atoms with Crippen LogP contribution in [0.15, 0.2) is 116 Å². The van der Waals surface area contributed by atoms with E-state index in [2.05, 4.69) is 23.7 Å². The van der Waals surface area contributed by atoms with Gasteiger partial charge in [-0.15, -0.1) is 6.58 Å². The number of aliphatic hydroxyl groups is 2. The van der Waals surface area contributed by atoms with Gasteiger partial charge in [-0.2, -0.15) is 0 Å². The predicted molar refractivity (Wildman–Crippen MR) is 237 cm³/mol. The standard InChI is InChI=1S/C51H53N3O10/c1-3-27-52-46(56)41-43-47(57)64-44(36-17-10-7-11-18-36)42(35-15-8-6-9-16-35)54(43)45(37-19-14-20-38(33-37)62-29-28-55)51(41)39-32-34(23-26-50(60)24-12-4-5-13-25-50)21-22-40(39)53(48(51)58)49(59)63-31-30-61-2/h3,6-11,14-22,32-33,41-45,55,60H,1,4-5,12-13,24-25,27-31H2,2H3,(H,52,56)/t41-,42-,43-,44+,45+,51-/m0/s1. The van der Waals surface area contributed by atoms with Gasteiger partial charge in [-0.25, -0.2) is 9.69 Å². The molecule has 0 unspecified atom stereocenters. The smallest absolute Gasteiger partial charge is 0.421 e. The molecule has 3 aliphatic heterocycles. The number of morpholine rings is 1. The van der Waals surface area contributed by atoms with Crippen LogP contribution in [0, 0.1) is 17.8 Å². The van der Waals surface area contributed by atoms with Crippen molar-refractivity contribution in [2.75, 3.05) is 45.0 Å². The highest BCUT2D eigenvalue weighted by atomic mass is 16.6. The van der Waals surface area contributed by atoms with E-state index in [-0.39, 0.29) is 44.2 Å². The maximum Gasteiger partial charge on any atom is 0.421 e. The lowest BCUT2D eigenvalue weighted by atomic mass is 9.65. The Hall–Kier alpha value is -6.30. The molecule has 1 spiro atoms. The summed E-state index contributed by atoms with van der Waals surface area (Å²) in [5.74, 6) is 2.99.